The minimum absolute atomic E-state index is 0.00911. The number of amides is 8. The van der Waals surface area contributed by atoms with E-state index in [2.05, 4.69) is 88.5 Å². The van der Waals surface area contributed by atoms with E-state index < -0.39 is 88.1 Å². The van der Waals surface area contributed by atoms with Crippen molar-refractivity contribution >= 4 is 75.7 Å². The molecule has 5 aromatic heterocycles. The smallest absolute Gasteiger partial charge is 0.278 e. The first-order valence-corrected chi connectivity index (χ1v) is 21.4. The number of nitrogens with two attached hydrogens (primary N) is 1. The lowest BCUT2D eigenvalue weighted by molar-refractivity contribution is -0.132. The molecule has 1 aliphatic rings. The third kappa shape index (κ3) is 11.6. The van der Waals surface area contributed by atoms with Crippen LogP contribution in [0.1, 0.15) is 93.1 Å². The van der Waals surface area contributed by atoms with E-state index >= 15 is 0 Å². The number of fused-ring (bicyclic) bond motifs is 11. The molecule has 1 aliphatic heterocycles. The van der Waals surface area contributed by atoms with Crippen LogP contribution in [-0.2, 0) is 19.2 Å². The van der Waals surface area contributed by atoms with Crippen molar-refractivity contribution < 1.29 is 61.8 Å². The Balaban J connectivity index is 1.33. The van der Waals surface area contributed by atoms with E-state index in [1.54, 1.807) is 0 Å². The van der Waals surface area contributed by atoms with E-state index in [0.29, 0.717) is 0 Å². The van der Waals surface area contributed by atoms with Crippen LogP contribution >= 0.6 is 11.3 Å². The summed E-state index contributed by atoms with van der Waals surface area (Å²) in [5, 5.41) is 39.3. The van der Waals surface area contributed by atoms with Crippen molar-refractivity contribution in [3.8, 4) is 22.0 Å². The van der Waals surface area contributed by atoms with E-state index in [9.17, 15) is 48.6 Å². The lowest BCUT2D eigenvalue weighted by atomic mass is 9.97. The quantitative estimate of drug-likeness (QED) is 0.110. The number of rotatable bonds is 3. The summed E-state index contributed by atoms with van der Waals surface area (Å²) in [6.07, 6.45) is 1.86. The number of aryl methyl sites for hydroxylation is 1. The zero-order valence-corrected chi connectivity index (χ0v) is 38.9. The van der Waals surface area contributed by atoms with Crippen LogP contribution in [0.3, 0.4) is 0 Å². The second-order valence-corrected chi connectivity index (χ2v) is 16.6. The fourth-order valence-corrected chi connectivity index (χ4v) is 6.96. The van der Waals surface area contributed by atoms with Gasteiger partial charge in [-0.3, -0.25) is 38.4 Å². The highest BCUT2D eigenvalue weighted by atomic mass is 32.1. The second-order valence-electron chi connectivity index (χ2n) is 15.7. The van der Waals surface area contributed by atoms with E-state index in [1.165, 1.54) is 58.2 Å². The Hall–Kier alpha value is -9.21. The number of aliphatic hydroxyl groups excluding tert-OH is 1. The van der Waals surface area contributed by atoms with Gasteiger partial charge < -0.3 is 66.4 Å². The predicted octanol–water partition coefficient (Wildman–Crippen LogP) is 0.530. The van der Waals surface area contributed by atoms with Crippen LogP contribution in [0.5, 0.6) is 0 Å². The van der Waals surface area contributed by atoms with E-state index in [0.717, 1.165) is 23.9 Å². The number of thiazole rings is 1. The van der Waals surface area contributed by atoms with Crippen molar-refractivity contribution in [3.05, 3.63) is 120 Å². The molecule has 0 aliphatic carbocycles. The Morgan fingerprint density at radius 1 is 0.732 bits per heavy atom. The Kier molecular flexibility index (Phi) is 14.8. The highest BCUT2D eigenvalue weighted by molar-refractivity contribution is 7.13. The van der Waals surface area contributed by atoms with Crippen molar-refractivity contribution in [3.63, 3.8) is 0 Å². The minimum Gasteiger partial charge on any atom is -0.443 e. The Labute approximate surface area is 404 Å². The molecule has 6 heterocycles. The maximum Gasteiger partial charge on any atom is 0.278 e. The van der Waals surface area contributed by atoms with Gasteiger partial charge in [0.2, 0.25) is 29.5 Å². The van der Waals surface area contributed by atoms with Crippen molar-refractivity contribution in [1.82, 2.24) is 62.1 Å². The fourth-order valence-electron chi connectivity index (χ4n) is 6.14. The Bertz CT molecular complexity index is 3130. The number of nitrogens with one attached hydrogen (secondary N) is 7. The molecule has 5 aromatic rings. The first-order valence-electron chi connectivity index (χ1n) is 20.5. The number of aromatic nitrogens is 5. The number of nitrogens with zero attached hydrogens (tertiary/aromatic N) is 5. The van der Waals surface area contributed by atoms with Crippen LogP contribution in [0, 0.1) is 6.92 Å². The maximum absolute atomic E-state index is 13.6. The third-order valence-corrected chi connectivity index (χ3v) is 10.7. The third-order valence-electron chi connectivity index (χ3n) is 9.81. The van der Waals surface area contributed by atoms with Crippen molar-refractivity contribution in [2.75, 3.05) is 0 Å². The number of oxazole rings is 3. The number of primary amides is 1. The highest BCUT2D eigenvalue weighted by Crippen LogP contribution is 2.33. The number of aliphatic hydroxyl groups is 2. The predicted molar refractivity (Wildman–Crippen MR) is 248 cm³/mol. The standard InChI is InChI=1S/C44H43N13O13S/c1-10-23-42-53-26(14-69-42)35(62)46-17(3)34(61)57-31(44(8,9)67)39(66)49-19(5)41-56-29(21(7)70-41)38(65)47-16(2)33(60)48-18(4)40-52-25(13-68-40)30-22(11-12-24(50-30)32(45)59)43-54-27(15-71-43)36(63)55-28(20(6)58)37(64)51-23/h10-15,20,28,31,58,67H,2-5H2,1,6-9H3,(H2,45,59)(H,46,62)(H,47,65)(H,48,60)(H,49,66)(H,51,64)(H,55,63)(H,57,61)/b23-10-/t20-,28+,31-/m1/s1. The lowest BCUT2D eigenvalue weighted by Gasteiger charge is -2.29. The summed E-state index contributed by atoms with van der Waals surface area (Å²) in [7, 11) is 0. The van der Waals surface area contributed by atoms with Gasteiger partial charge in [0.15, 0.2) is 11.4 Å². The van der Waals surface area contributed by atoms with Gasteiger partial charge in [-0.05, 0) is 46.8 Å². The first kappa shape index (κ1) is 51.2. The molecule has 11 N–H and O–H groups in total. The van der Waals surface area contributed by atoms with E-state index in [1.807, 2.05) is 0 Å². The number of pyridine rings is 1. The zero-order chi connectivity index (χ0) is 52.2. The number of carbonyl (C=O) groups is 8. The lowest BCUT2D eigenvalue weighted by Crippen LogP contribution is -2.58. The van der Waals surface area contributed by atoms with Gasteiger partial charge in [0.1, 0.15) is 58.2 Å². The number of hydrogen-bond donors (Lipinski definition) is 10. The SMILES string of the molecule is C=C1NC(=O)c2nc(oc2C)C(=C)NC(=O)[C@H](C(C)(C)O)NC(=O)C(=C)NC(=O)c2coc(n2)/C(=C/C)NC(=O)[C@H]([C@@H](C)O)NC(=O)c2csc(n2)-c2ccc(C(N)=O)nc2-c2coc(n2)C(=C)NC1=O. The summed E-state index contributed by atoms with van der Waals surface area (Å²) in [4.78, 5) is 127. The molecule has 368 valence electrons. The Morgan fingerprint density at radius 2 is 1.35 bits per heavy atom. The van der Waals surface area contributed by atoms with Crippen LogP contribution in [-0.4, -0.2) is 106 Å². The monoisotopic (exact) mass is 993 g/mol. The molecule has 0 saturated carbocycles. The zero-order valence-electron chi connectivity index (χ0n) is 38.1. The average Bonchev–Trinajstić information content (AvgIpc) is 4.15. The molecule has 26 nitrogen and oxygen atoms in total. The number of carbonyl (C=O) groups excluding carboxylic acids is 8. The minimum atomic E-state index is -1.97. The average molecular weight is 994 g/mol. The molecular weight excluding hydrogens is 951 g/mol. The van der Waals surface area contributed by atoms with Crippen molar-refractivity contribution in [2.45, 2.75) is 58.4 Å². The summed E-state index contributed by atoms with van der Waals surface area (Å²) in [5.41, 5.74) is 0.789. The fraction of sp³-hybridized carbons (Fsp3) is 0.205. The molecule has 0 fully saturated rings. The second kappa shape index (κ2) is 20.6. The summed E-state index contributed by atoms with van der Waals surface area (Å²) in [5.74, 6) is -8.99. The van der Waals surface area contributed by atoms with Crippen LogP contribution in [0.2, 0.25) is 0 Å². The molecular formula is C44H43N13O13S. The normalized spacial score (nSPS) is 18.4. The molecule has 8 bridgehead atoms. The number of allylic oxidation sites excluding steroid dienone is 1. The van der Waals surface area contributed by atoms with Gasteiger partial charge in [-0.15, -0.1) is 11.3 Å². The van der Waals surface area contributed by atoms with Gasteiger partial charge in [-0.2, -0.15) is 0 Å². The molecule has 6 rings (SSSR count). The molecule has 3 atom stereocenters. The van der Waals surface area contributed by atoms with E-state index in [-0.39, 0.29) is 79.6 Å². The molecule has 0 unspecified atom stereocenters. The number of hydrogen-bond acceptors (Lipinski definition) is 19. The largest absolute Gasteiger partial charge is 0.443 e. The van der Waals surface area contributed by atoms with Gasteiger partial charge in [0.05, 0.1) is 40.2 Å². The first-order chi connectivity index (χ1) is 33.4. The van der Waals surface area contributed by atoms with Gasteiger partial charge in [0, 0.05) is 10.9 Å². The molecule has 71 heavy (non-hydrogen) atoms. The molecule has 0 aromatic carbocycles. The molecule has 0 radical (unpaired) electrons. The molecule has 0 spiro atoms. The summed E-state index contributed by atoms with van der Waals surface area (Å²) in [6.45, 7) is 21.0. The van der Waals surface area contributed by atoms with Crippen LogP contribution < -0.4 is 43.0 Å². The van der Waals surface area contributed by atoms with Crippen molar-refractivity contribution in [2.24, 2.45) is 5.73 Å². The van der Waals surface area contributed by atoms with Gasteiger partial charge >= 0.3 is 0 Å². The van der Waals surface area contributed by atoms with Crippen LogP contribution in [0.25, 0.3) is 39.1 Å². The topological polar surface area (TPSA) is 391 Å². The van der Waals surface area contributed by atoms with Crippen molar-refractivity contribution in [1.29, 1.82) is 0 Å². The van der Waals surface area contributed by atoms with Gasteiger partial charge in [-0.25, -0.2) is 24.9 Å². The molecule has 0 saturated heterocycles. The summed E-state index contributed by atoms with van der Waals surface area (Å²) < 4.78 is 16.5. The molecule has 8 amide bonds. The maximum atomic E-state index is 13.6. The van der Waals surface area contributed by atoms with Gasteiger partial charge in [0.25, 0.3) is 35.4 Å². The van der Waals surface area contributed by atoms with Crippen LogP contribution in [0.4, 0.5) is 0 Å². The summed E-state index contributed by atoms with van der Waals surface area (Å²) in [6, 6.07) is -0.619. The molecule has 27 heteroatoms. The Morgan fingerprint density at radius 3 is 2.01 bits per heavy atom. The van der Waals surface area contributed by atoms with Crippen LogP contribution in [0.15, 0.2) is 87.1 Å². The van der Waals surface area contributed by atoms with E-state index in [4.69, 9.17) is 19.0 Å². The van der Waals surface area contributed by atoms with Gasteiger partial charge in [-0.1, -0.05) is 32.4 Å². The highest BCUT2D eigenvalue weighted by Gasteiger charge is 2.37. The summed E-state index contributed by atoms with van der Waals surface area (Å²) >= 11 is 0.957.